The summed E-state index contributed by atoms with van der Waals surface area (Å²) in [6.45, 7) is 1.64. The van der Waals surface area contributed by atoms with Crippen LogP contribution < -0.4 is 19.7 Å². The molecule has 9 nitrogen and oxygen atoms in total. The summed E-state index contributed by atoms with van der Waals surface area (Å²) in [5.74, 6) is 2.14. The number of rotatable bonds is 6. The number of anilines is 1. The third-order valence-corrected chi connectivity index (χ3v) is 5.83. The number of fused-ring (bicyclic) bond motifs is 1. The molecule has 1 N–H and O–H groups in total. The average molecular weight is 412 g/mol. The zero-order valence-corrected chi connectivity index (χ0v) is 16.5. The van der Waals surface area contributed by atoms with Crippen molar-refractivity contribution in [1.29, 1.82) is 0 Å². The van der Waals surface area contributed by atoms with Crippen molar-refractivity contribution >= 4 is 22.6 Å². The van der Waals surface area contributed by atoms with E-state index in [1.165, 1.54) is 11.5 Å². The average Bonchev–Trinajstić information content (AvgIpc) is 3.54. The fourth-order valence-electron chi connectivity index (χ4n) is 3.62. The Bertz CT molecular complexity index is 1010. The summed E-state index contributed by atoms with van der Waals surface area (Å²) in [5.41, 5.74) is 1.10. The lowest BCUT2D eigenvalue weighted by Crippen LogP contribution is -2.44. The summed E-state index contributed by atoms with van der Waals surface area (Å²) in [6.07, 6.45) is 7.66. The van der Waals surface area contributed by atoms with Crippen molar-refractivity contribution in [2.75, 3.05) is 24.8 Å². The van der Waals surface area contributed by atoms with Crippen LogP contribution in [0, 0.1) is 0 Å². The van der Waals surface area contributed by atoms with Crippen molar-refractivity contribution in [2.24, 2.45) is 0 Å². The molecule has 2 aliphatic heterocycles. The molecular formula is C19H20N6O3S. The highest BCUT2D eigenvalue weighted by atomic mass is 32.1. The summed E-state index contributed by atoms with van der Waals surface area (Å²) in [7, 11) is 0. The molecule has 0 bridgehead atoms. The van der Waals surface area contributed by atoms with Gasteiger partial charge in [0.1, 0.15) is 12.4 Å². The van der Waals surface area contributed by atoms with Gasteiger partial charge < -0.3 is 19.7 Å². The predicted octanol–water partition coefficient (Wildman–Crippen LogP) is 1.78. The summed E-state index contributed by atoms with van der Waals surface area (Å²) in [5, 5.41) is 3.83. The number of nitrogens with zero attached hydrogens (tertiary/aromatic N) is 5. The zero-order chi connectivity index (χ0) is 19.6. The van der Waals surface area contributed by atoms with E-state index in [2.05, 4.69) is 19.7 Å². The van der Waals surface area contributed by atoms with Crippen LogP contribution in [-0.4, -0.2) is 50.7 Å². The summed E-state index contributed by atoms with van der Waals surface area (Å²) >= 11 is 1.31. The molecular weight excluding hydrogens is 392 g/mol. The lowest BCUT2D eigenvalue weighted by Gasteiger charge is -2.22. The highest BCUT2D eigenvalue weighted by molar-refractivity contribution is 7.09. The second kappa shape index (κ2) is 7.70. The van der Waals surface area contributed by atoms with E-state index in [4.69, 9.17) is 9.47 Å². The molecule has 1 atom stereocenters. The second-order valence-corrected chi connectivity index (χ2v) is 7.66. The van der Waals surface area contributed by atoms with Crippen LogP contribution in [0.5, 0.6) is 11.5 Å². The third kappa shape index (κ3) is 3.63. The first kappa shape index (κ1) is 17.9. The van der Waals surface area contributed by atoms with Gasteiger partial charge in [0.05, 0.1) is 0 Å². The first-order chi connectivity index (χ1) is 14.3. The topological polar surface area (TPSA) is 94.4 Å². The van der Waals surface area contributed by atoms with E-state index in [0.29, 0.717) is 12.5 Å². The van der Waals surface area contributed by atoms with E-state index in [9.17, 15) is 4.79 Å². The maximum Gasteiger partial charge on any atom is 0.248 e. The van der Waals surface area contributed by atoms with E-state index < -0.39 is 0 Å². The number of imidazole rings is 1. The van der Waals surface area contributed by atoms with Gasteiger partial charge in [-0.15, -0.1) is 0 Å². The van der Waals surface area contributed by atoms with E-state index in [-0.39, 0.29) is 18.7 Å². The van der Waals surface area contributed by atoms with Crippen molar-refractivity contribution in [3.63, 3.8) is 0 Å². The molecule has 2 aliphatic rings. The smallest absolute Gasteiger partial charge is 0.248 e. The van der Waals surface area contributed by atoms with E-state index in [1.807, 2.05) is 23.1 Å². The van der Waals surface area contributed by atoms with Gasteiger partial charge in [-0.3, -0.25) is 9.36 Å². The number of hydrogen-bond acceptors (Lipinski definition) is 8. The first-order valence-electron chi connectivity index (χ1n) is 9.53. The molecule has 3 aromatic rings. The molecule has 0 aliphatic carbocycles. The van der Waals surface area contributed by atoms with Gasteiger partial charge in [0, 0.05) is 37.0 Å². The molecule has 0 radical (unpaired) electrons. The Hall–Kier alpha value is -3.14. The van der Waals surface area contributed by atoms with Crippen LogP contribution in [0.25, 0.3) is 5.95 Å². The van der Waals surface area contributed by atoms with E-state index in [1.54, 1.807) is 23.3 Å². The maximum absolute atomic E-state index is 12.8. The standard InChI is InChI=1S/C19H20N6O3S/c26-17(21-6-5-13-3-4-15-16(10-13)28-12-27-15)14-2-1-8-25(14)19-22-18(23-29-19)24-9-7-20-11-24/h3-4,7,9-11,14H,1-2,5-6,8,12H2,(H,21,26)/t14-/m0/s1. The van der Waals surface area contributed by atoms with Crippen molar-refractivity contribution in [1.82, 2.24) is 24.2 Å². The molecule has 29 heavy (non-hydrogen) atoms. The fraction of sp³-hybridized carbons (Fsp3) is 0.368. The van der Waals surface area contributed by atoms with Crippen LogP contribution in [0.4, 0.5) is 5.13 Å². The molecule has 4 heterocycles. The number of aromatic nitrogens is 4. The van der Waals surface area contributed by atoms with Crippen LogP contribution in [-0.2, 0) is 11.2 Å². The monoisotopic (exact) mass is 412 g/mol. The zero-order valence-electron chi connectivity index (χ0n) is 15.7. The minimum Gasteiger partial charge on any atom is -0.454 e. The second-order valence-electron chi connectivity index (χ2n) is 6.93. The Morgan fingerprint density at radius 2 is 2.24 bits per heavy atom. The van der Waals surface area contributed by atoms with Crippen LogP contribution in [0.2, 0.25) is 0 Å². The SMILES string of the molecule is O=C(NCCc1ccc2c(c1)OCO2)[C@@H]1CCCN1c1nc(-n2ccnc2)ns1. The van der Waals surface area contributed by atoms with Crippen molar-refractivity contribution in [3.8, 4) is 17.4 Å². The number of nitrogens with one attached hydrogen (secondary N) is 1. The lowest BCUT2D eigenvalue weighted by atomic mass is 10.1. The molecule has 150 valence electrons. The van der Waals surface area contributed by atoms with Crippen molar-refractivity contribution in [2.45, 2.75) is 25.3 Å². The Kier molecular flexibility index (Phi) is 4.76. The molecule has 2 aromatic heterocycles. The molecule has 0 spiro atoms. The summed E-state index contributed by atoms with van der Waals surface area (Å²) < 4.78 is 16.9. The van der Waals surface area contributed by atoms with E-state index >= 15 is 0 Å². The van der Waals surface area contributed by atoms with Gasteiger partial charge in [-0.25, -0.2) is 4.98 Å². The molecule has 5 rings (SSSR count). The van der Waals surface area contributed by atoms with Gasteiger partial charge in [-0.05, 0) is 37.0 Å². The molecule has 0 saturated carbocycles. The van der Waals surface area contributed by atoms with Crippen molar-refractivity contribution < 1.29 is 14.3 Å². The predicted molar refractivity (Wildman–Crippen MR) is 107 cm³/mol. The van der Waals surface area contributed by atoms with Gasteiger partial charge in [0.2, 0.25) is 23.8 Å². The number of ether oxygens (including phenoxy) is 2. The van der Waals surface area contributed by atoms with Gasteiger partial charge in [-0.1, -0.05) is 6.07 Å². The largest absolute Gasteiger partial charge is 0.454 e. The van der Waals surface area contributed by atoms with Gasteiger partial charge in [-0.2, -0.15) is 9.36 Å². The summed E-state index contributed by atoms with van der Waals surface area (Å²) in [6, 6.07) is 5.66. The number of hydrogen-bond donors (Lipinski definition) is 1. The first-order valence-corrected chi connectivity index (χ1v) is 10.3. The normalized spacial score (nSPS) is 17.7. The molecule has 1 amide bonds. The van der Waals surface area contributed by atoms with Crippen LogP contribution in [0.15, 0.2) is 36.9 Å². The third-order valence-electron chi connectivity index (χ3n) is 5.09. The Morgan fingerprint density at radius 3 is 3.14 bits per heavy atom. The maximum atomic E-state index is 12.8. The number of benzene rings is 1. The van der Waals surface area contributed by atoms with Gasteiger partial charge in [0.25, 0.3) is 0 Å². The molecule has 10 heteroatoms. The van der Waals surface area contributed by atoms with Crippen LogP contribution in [0.3, 0.4) is 0 Å². The lowest BCUT2D eigenvalue weighted by molar-refractivity contribution is -0.122. The minimum atomic E-state index is -0.213. The number of amides is 1. The minimum absolute atomic E-state index is 0.0302. The Morgan fingerprint density at radius 1 is 1.31 bits per heavy atom. The fourth-order valence-corrected chi connectivity index (χ4v) is 4.36. The molecule has 1 aromatic carbocycles. The quantitative estimate of drug-likeness (QED) is 0.659. The summed E-state index contributed by atoms with van der Waals surface area (Å²) in [4.78, 5) is 23.4. The van der Waals surface area contributed by atoms with Gasteiger partial charge in [0.15, 0.2) is 11.5 Å². The van der Waals surface area contributed by atoms with E-state index in [0.717, 1.165) is 48.0 Å². The van der Waals surface area contributed by atoms with Crippen LogP contribution >= 0.6 is 11.5 Å². The highest BCUT2D eigenvalue weighted by Crippen LogP contribution is 2.32. The van der Waals surface area contributed by atoms with Crippen molar-refractivity contribution in [3.05, 3.63) is 42.5 Å². The van der Waals surface area contributed by atoms with Gasteiger partial charge >= 0.3 is 0 Å². The number of carbonyl (C=O) groups excluding carboxylic acids is 1. The molecule has 0 unspecified atom stereocenters. The number of carbonyl (C=O) groups is 1. The van der Waals surface area contributed by atoms with Crippen LogP contribution in [0.1, 0.15) is 18.4 Å². The molecule has 1 saturated heterocycles. The highest BCUT2D eigenvalue weighted by Gasteiger charge is 2.32. The molecule has 1 fully saturated rings. The Balaban J connectivity index is 1.19. The Labute approximate surface area is 171 Å².